The molecule has 0 fully saturated rings. The Bertz CT molecular complexity index is 241. The van der Waals surface area contributed by atoms with Crippen LogP contribution in [0.4, 0.5) is 0 Å². The predicted octanol–water partition coefficient (Wildman–Crippen LogP) is 1.82. The van der Waals surface area contributed by atoms with Crippen molar-refractivity contribution in [2.24, 2.45) is 5.73 Å². The van der Waals surface area contributed by atoms with E-state index in [9.17, 15) is 0 Å². The van der Waals surface area contributed by atoms with Gasteiger partial charge in [0.25, 0.3) is 0 Å². The Balaban J connectivity index is 2.69. The van der Waals surface area contributed by atoms with Crippen molar-refractivity contribution >= 4 is 0 Å². The first-order valence-corrected chi connectivity index (χ1v) is 4.79. The van der Waals surface area contributed by atoms with E-state index < -0.39 is 0 Å². The van der Waals surface area contributed by atoms with Gasteiger partial charge < -0.3 is 11.1 Å². The molecule has 0 radical (unpaired) electrons. The lowest BCUT2D eigenvalue weighted by atomic mass is 10.1. The fourth-order valence-electron chi connectivity index (χ4n) is 1.35. The average molecular weight is 178 g/mol. The zero-order valence-electron chi connectivity index (χ0n) is 8.38. The molecule has 0 saturated heterocycles. The predicted molar refractivity (Wildman–Crippen MR) is 56.4 cm³/mol. The minimum atomic E-state index is -0.0457. The molecule has 72 valence electrons. The van der Waals surface area contributed by atoms with Gasteiger partial charge in [0.1, 0.15) is 0 Å². The Morgan fingerprint density at radius 3 is 2.38 bits per heavy atom. The molecule has 0 aromatic heterocycles. The Morgan fingerprint density at radius 2 is 1.92 bits per heavy atom. The number of nitrogens with two attached hydrogens (primary N) is 1. The average Bonchev–Trinajstić information content (AvgIpc) is 2.18. The van der Waals surface area contributed by atoms with Gasteiger partial charge in [-0.15, -0.1) is 0 Å². The highest BCUT2D eigenvalue weighted by Crippen LogP contribution is 2.10. The fourth-order valence-corrected chi connectivity index (χ4v) is 1.35. The first kappa shape index (κ1) is 10.2. The molecule has 1 unspecified atom stereocenters. The minimum absolute atomic E-state index is 0.0457. The van der Waals surface area contributed by atoms with Crippen LogP contribution in [0.3, 0.4) is 0 Å². The summed E-state index contributed by atoms with van der Waals surface area (Å²) in [4.78, 5) is 0. The largest absolute Gasteiger partial charge is 0.312 e. The van der Waals surface area contributed by atoms with Crippen molar-refractivity contribution in [2.75, 3.05) is 7.05 Å². The van der Waals surface area contributed by atoms with E-state index in [0.717, 1.165) is 12.0 Å². The Kier molecular flexibility index (Phi) is 3.93. The van der Waals surface area contributed by atoms with E-state index in [1.54, 1.807) is 0 Å². The topological polar surface area (TPSA) is 38.0 Å². The number of hydrogen-bond donors (Lipinski definition) is 2. The monoisotopic (exact) mass is 178 g/mol. The highest BCUT2D eigenvalue weighted by molar-refractivity contribution is 5.24. The van der Waals surface area contributed by atoms with Gasteiger partial charge in [0.05, 0.1) is 6.17 Å². The van der Waals surface area contributed by atoms with Gasteiger partial charge in [0, 0.05) is 0 Å². The molecule has 0 amide bonds. The second-order valence-electron chi connectivity index (χ2n) is 3.26. The third-order valence-corrected chi connectivity index (χ3v) is 2.19. The molecular formula is C11H18N2. The first-order chi connectivity index (χ1) is 6.27. The molecule has 2 nitrogen and oxygen atoms in total. The van der Waals surface area contributed by atoms with Crippen molar-refractivity contribution in [3.05, 3.63) is 35.4 Å². The molecular weight excluding hydrogens is 160 g/mol. The molecule has 0 aliphatic rings. The second kappa shape index (κ2) is 5.00. The van der Waals surface area contributed by atoms with E-state index in [1.807, 2.05) is 7.05 Å². The summed E-state index contributed by atoms with van der Waals surface area (Å²) >= 11 is 0. The van der Waals surface area contributed by atoms with Gasteiger partial charge in [-0.25, -0.2) is 0 Å². The van der Waals surface area contributed by atoms with E-state index in [0.29, 0.717) is 0 Å². The van der Waals surface area contributed by atoms with Crippen molar-refractivity contribution in [1.29, 1.82) is 0 Å². The van der Waals surface area contributed by atoms with Crippen LogP contribution in [0.2, 0.25) is 0 Å². The molecule has 0 aliphatic heterocycles. The summed E-state index contributed by atoms with van der Waals surface area (Å²) < 4.78 is 0. The lowest BCUT2D eigenvalue weighted by Gasteiger charge is -2.10. The molecule has 0 heterocycles. The maximum absolute atomic E-state index is 5.81. The van der Waals surface area contributed by atoms with Crippen LogP contribution in [-0.4, -0.2) is 7.05 Å². The highest BCUT2D eigenvalue weighted by Gasteiger charge is 2.01. The minimum Gasteiger partial charge on any atom is -0.312 e. The first-order valence-electron chi connectivity index (χ1n) is 4.79. The van der Waals surface area contributed by atoms with Crippen LogP contribution in [0.25, 0.3) is 0 Å². The number of aryl methyl sites for hydroxylation is 1. The van der Waals surface area contributed by atoms with Gasteiger partial charge in [-0.3, -0.25) is 0 Å². The molecule has 0 bridgehead atoms. The van der Waals surface area contributed by atoms with Crippen LogP contribution in [0.15, 0.2) is 24.3 Å². The lowest BCUT2D eigenvalue weighted by Crippen LogP contribution is -2.24. The number of rotatable bonds is 4. The maximum Gasteiger partial charge on any atom is 0.0807 e. The van der Waals surface area contributed by atoms with Gasteiger partial charge in [-0.05, 0) is 24.6 Å². The van der Waals surface area contributed by atoms with Crippen molar-refractivity contribution in [1.82, 2.24) is 5.32 Å². The Hall–Kier alpha value is -0.860. The van der Waals surface area contributed by atoms with Crippen LogP contribution < -0.4 is 11.1 Å². The SMILES string of the molecule is CCCc1ccc(C(N)NC)cc1. The quantitative estimate of drug-likeness (QED) is 0.690. The number of hydrogen-bond acceptors (Lipinski definition) is 2. The van der Waals surface area contributed by atoms with Crippen LogP contribution in [0.5, 0.6) is 0 Å². The summed E-state index contributed by atoms with van der Waals surface area (Å²) in [5, 5.41) is 3.01. The maximum atomic E-state index is 5.81. The standard InChI is InChI=1S/C11H18N2/c1-3-4-9-5-7-10(8-6-9)11(12)13-2/h5-8,11,13H,3-4,12H2,1-2H3. The lowest BCUT2D eigenvalue weighted by molar-refractivity contribution is 0.622. The Labute approximate surface area is 80.1 Å². The fraction of sp³-hybridized carbons (Fsp3) is 0.455. The van der Waals surface area contributed by atoms with Gasteiger partial charge in [0.2, 0.25) is 0 Å². The van der Waals surface area contributed by atoms with Crippen molar-refractivity contribution in [3.63, 3.8) is 0 Å². The highest BCUT2D eigenvalue weighted by atomic mass is 15.0. The van der Waals surface area contributed by atoms with E-state index >= 15 is 0 Å². The zero-order valence-corrected chi connectivity index (χ0v) is 8.38. The number of nitrogens with one attached hydrogen (secondary N) is 1. The molecule has 0 saturated carbocycles. The molecule has 0 aliphatic carbocycles. The molecule has 1 atom stereocenters. The summed E-state index contributed by atoms with van der Waals surface area (Å²) in [6.07, 6.45) is 2.29. The molecule has 3 N–H and O–H groups in total. The van der Waals surface area contributed by atoms with E-state index in [1.165, 1.54) is 12.0 Å². The molecule has 13 heavy (non-hydrogen) atoms. The molecule has 1 aromatic rings. The van der Waals surface area contributed by atoms with Gasteiger partial charge in [-0.2, -0.15) is 0 Å². The normalized spacial score (nSPS) is 12.8. The summed E-state index contributed by atoms with van der Waals surface area (Å²) in [6.45, 7) is 2.19. The summed E-state index contributed by atoms with van der Waals surface area (Å²) in [6, 6.07) is 8.48. The zero-order chi connectivity index (χ0) is 9.68. The van der Waals surface area contributed by atoms with Gasteiger partial charge >= 0.3 is 0 Å². The molecule has 1 rings (SSSR count). The van der Waals surface area contributed by atoms with Crippen LogP contribution in [0, 0.1) is 0 Å². The van der Waals surface area contributed by atoms with E-state index in [4.69, 9.17) is 5.73 Å². The van der Waals surface area contributed by atoms with Crippen molar-refractivity contribution in [3.8, 4) is 0 Å². The van der Waals surface area contributed by atoms with E-state index in [-0.39, 0.29) is 6.17 Å². The van der Waals surface area contributed by atoms with E-state index in [2.05, 4.69) is 36.5 Å². The van der Waals surface area contributed by atoms with Crippen molar-refractivity contribution in [2.45, 2.75) is 25.9 Å². The summed E-state index contributed by atoms with van der Waals surface area (Å²) in [5.74, 6) is 0. The third kappa shape index (κ3) is 2.83. The van der Waals surface area contributed by atoms with Gasteiger partial charge in [0.15, 0.2) is 0 Å². The number of benzene rings is 1. The smallest absolute Gasteiger partial charge is 0.0807 e. The Morgan fingerprint density at radius 1 is 1.31 bits per heavy atom. The third-order valence-electron chi connectivity index (χ3n) is 2.19. The second-order valence-corrected chi connectivity index (χ2v) is 3.26. The van der Waals surface area contributed by atoms with Crippen molar-refractivity contribution < 1.29 is 0 Å². The molecule has 1 aromatic carbocycles. The van der Waals surface area contributed by atoms with Crippen LogP contribution >= 0.6 is 0 Å². The van der Waals surface area contributed by atoms with Crippen LogP contribution in [0.1, 0.15) is 30.6 Å². The van der Waals surface area contributed by atoms with Crippen LogP contribution in [-0.2, 0) is 6.42 Å². The van der Waals surface area contributed by atoms with Gasteiger partial charge in [-0.1, -0.05) is 37.6 Å². The summed E-state index contributed by atoms with van der Waals surface area (Å²) in [7, 11) is 1.87. The molecule has 0 spiro atoms. The summed E-state index contributed by atoms with van der Waals surface area (Å²) in [5.41, 5.74) is 8.33. The molecule has 2 heteroatoms.